The van der Waals surface area contributed by atoms with Crippen LogP contribution in [-0.4, -0.2) is 41.5 Å². The zero-order chi connectivity index (χ0) is 17.1. The fraction of sp³-hybridized carbons (Fsp3) is 0.455. The van der Waals surface area contributed by atoms with Gasteiger partial charge in [0.1, 0.15) is 12.4 Å². The topological polar surface area (TPSA) is 15.7 Å². The Morgan fingerprint density at radius 2 is 1.72 bits per heavy atom. The molecule has 4 rings (SSSR count). The average Bonchev–Trinajstić information content (AvgIpc) is 3.14. The van der Waals surface area contributed by atoms with E-state index in [0.717, 1.165) is 18.3 Å². The fourth-order valence-electron chi connectivity index (χ4n) is 4.27. The van der Waals surface area contributed by atoms with Crippen molar-refractivity contribution in [2.24, 2.45) is 0 Å². The van der Waals surface area contributed by atoms with Gasteiger partial charge in [-0.2, -0.15) is 0 Å². The van der Waals surface area contributed by atoms with Crippen LogP contribution in [0.4, 0.5) is 0 Å². The second-order valence-corrected chi connectivity index (χ2v) is 7.37. The van der Waals surface area contributed by atoms with Crippen LogP contribution < -0.4 is 4.74 Å². The van der Waals surface area contributed by atoms with Crippen LogP contribution in [0.15, 0.2) is 54.6 Å². The van der Waals surface area contributed by atoms with Crippen molar-refractivity contribution in [1.82, 2.24) is 9.80 Å². The van der Waals surface area contributed by atoms with Crippen LogP contribution in [0.5, 0.6) is 5.75 Å². The van der Waals surface area contributed by atoms with Crippen molar-refractivity contribution < 1.29 is 4.74 Å². The minimum absolute atomic E-state index is 0.626. The second-order valence-electron chi connectivity index (χ2n) is 7.37. The van der Waals surface area contributed by atoms with Gasteiger partial charge in [-0.25, -0.2) is 0 Å². The first-order valence-electron chi connectivity index (χ1n) is 9.53. The third-order valence-corrected chi connectivity index (χ3v) is 5.78. The number of hydrogen-bond donors (Lipinski definition) is 0. The van der Waals surface area contributed by atoms with E-state index in [4.69, 9.17) is 4.74 Å². The summed E-state index contributed by atoms with van der Waals surface area (Å²) < 4.78 is 5.89. The lowest BCUT2D eigenvalue weighted by molar-refractivity contribution is 0.0470. The van der Waals surface area contributed by atoms with E-state index >= 15 is 0 Å². The van der Waals surface area contributed by atoms with Crippen molar-refractivity contribution in [1.29, 1.82) is 0 Å². The first-order valence-corrected chi connectivity index (χ1v) is 9.53. The van der Waals surface area contributed by atoms with E-state index in [9.17, 15) is 0 Å². The van der Waals surface area contributed by atoms with Gasteiger partial charge in [0.05, 0.1) is 0 Å². The number of benzene rings is 2. The molecule has 0 saturated carbocycles. The normalized spacial score (nSPS) is 24.2. The van der Waals surface area contributed by atoms with Crippen molar-refractivity contribution in [2.45, 2.75) is 45.0 Å². The Labute approximate surface area is 151 Å². The Bertz CT molecular complexity index is 670. The molecule has 132 valence electrons. The van der Waals surface area contributed by atoms with E-state index in [-0.39, 0.29) is 0 Å². The quantitative estimate of drug-likeness (QED) is 0.823. The van der Waals surface area contributed by atoms with Crippen LogP contribution in [-0.2, 0) is 13.2 Å². The second kappa shape index (κ2) is 7.59. The molecule has 2 heterocycles. The maximum atomic E-state index is 5.89. The van der Waals surface area contributed by atoms with Gasteiger partial charge in [-0.15, -0.1) is 0 Å². The van der Waals surface area contributed by atoms with Crippen molar-refractivity contribution in [3.63, 3.8) is 0 Å². The van der Waals surface area contributed by atoms with E-state index in [1.54, 1.807) is 0 Å². The monoisotopic (exact) mass is 336 g/mol. The largest absolute Gasteiger partial charge is 0.489 e. The van der Waals surface area contributed by atoms with Gasteiger partial charge in [-0.1, -0.05) is 42.5 Å². The third-order valence-electron chi connectivity index (χ3n) is 5.78. The van der Waals surface area contributed by atoms with Gasteiger partial charge in [-0.05, 0) is 49.6 Å². The lowest BCUT2D eigenvalue weighted by atomic mass is 10.0. The van der Waals surface area contributed by atoms with Gasteiger partial charge in [0, 0.05) is 31.7 Å². The van der Waals surface area contributed by atoms with Crippen LogP contribution in [0.25, 0.3) is 0 Å². The van der Waals surface area contributed by atoms with E-state index in [0.29, 0.717) is 12.6 Å². The standard InChI is InChI=1S/C22H28N2O/c1-18-22-8-5-13-23(22)14-15-24(18)16-19-9-11-21(12-10-19)25-17-20-6-3-2-4-7-20/h2-4,6-7,9-12,18,22H,5,8,13-17H2,1H3. The Balaban J connectivity index is 1.33. The first-order chi connectivity index (χ1) is 12.3. The summed E-state index contributed by atoms with van der Waals surface area (Å²) >= 11 is 0. The highest BCUT2D eigenvalue weighted by Crippen LogP contribution is 2.28. The van der Waals surface area contributed by atoms with Gasteiger partial charge >= 0.3 is 0 Å². The molecule has 0 N–H and O–H groups in total. The molecule has 2 unspecified atom stereocenters. The molecule has 0 spiro atoms. The Morgan fingerprint density at radius 3 is 2.52 bits per heavy atom. The van der Waals surface area contributed by atoms with Crippen molar-refractivity contribution in [3.8, 4) is 5.75 Å². The summed E-state index contributed by atoms with van der Waals surface area (Å²) in [5.41, 5.74) is 2.58. The van der Waals surface area contributed by atoms with E-state index < -0.39 is 0 Å². The maximum absolute atomic E-state index is 5.89. The minimum atomic E-state index is 0.626. The first kappa shape index (κ1) is 16.6. The van der Waals surface area contributed by atoms with Crippen molar-refractivity contribution >= 4 is 0 Å². The van der Waals surface area contributed by atoms with Crippen LogP contribution >= 0.6 is 0 Å². The molecule has 3 nitrogen and oxygen atoms in total. The zero-order valence-corrected chi connectivity index (χ0v) is 15.1. The predicted molar refractivity (Wildman–Crippen MR) is 102 cm³/mol. The van der Waals surface area contributed by atoms with Crippen LogP contribution in [0, 0.1) is 0 Å². The molecule has 3 heteroatoms. The molecule has 0 aliphatic carbocycles. The zero-order valence-electron chi connectivity index (χ0n) is 15.1. The molecule has 0 bridgehead atoms. The Hall–Kier alpha value is -1.84. The molecule has 0 radical (unpaired) electrons. The van der Waals surface area contributed by atoms with Gasteiger partial charge in [0.2, 0.25) is 0 Å². The highest BCUT2D eigenvalue weighted by molar-refractivity contribution is 5.28. The van der Waals surface area contributed by atoms with Crippen molar-refractivity contribution in [2.75, 3.05) is 19.6 Å². The fourth-order valence-corrected chi connectivity index (χ4v) is 4.27. The SMILES string of the molecule is CC1C2CCCN2CCN1Cc1ccc(OCc2ccccc2)cc1. The van der Waals surface area contributed by atoms with Crippen LogP contribution in [0.3, 0.4) is 0 Å². The average molecular weight is 336 g/mol. The van der Waals surface area contributed by atoms with Crippen molar-refractivity contribution in [3.05, 3.63) is 65.7 Å². The number of rotatable bonds is 5. The summed E-state index contributed by atoms with van der Waals surface area (Å²) in [7, 11) is 0. The highest BCUT2D eigenvalue weighted by atomic mass is 16.5. The predicted octanol–water partition coefficient (Wildman–Crippen LogP) is 3.93. The summed E-state index contributed by atoms with van der Waals surface area (Å²) in [5.74, 6) is 0.946. The molecule has 2 aromatic rings. The molecule has 2 aliphatic heterocycles. The Morgan fingerprint density at radius 1 is 0.920 bits per heavy atom. The molecule has 2 aromatic carbocycles. The molecular weight excluding hydrogens is 308 g/mol. The molecule has 2 aliphatic rings. The smallest absolute Gasteiger partial charge is 0.119 e. The summed E-state index contributed by atoms with van der Waals surface area (Å²) in [6.07, 6.45) is 2.74. The van der Waals surface area contributed by atoms with Gasteiger partial charge < -0.3 is 4.74 Å². The van der Waals surface area contributed by atoms with Crippen LogP contribution in [0.1, 0.15) is 30.9 Å². The molecule has 2 saturated heterocycles. The van der Waals surface area contributed by atoms with Crippen LogP contribution in [0.2, 0.25) is 0 Å². The molecule has 0 aromatic heterocycles. The van der Waals surface area contributed by atoms with Gasteiger partial charge in [-0.3, -0.25) is 9.80 Å². The summed E-state index contributed by atoms with van der Waals surface area (Å²) in [4.78, 5) is 5.33. The summed E-state index contributed by atoms with van der Waals surface area (Å²) in [5, 5.41) is 0. The van der Waals surface area contributed by atoms with E-state index in [2.05, 4.69) is 53.1 Å². The lowest BCUT2D eigenvalue weighted by Gasteiger charge is -2.43. The van der Waals surface area contributed by atoms with Gasteiger partial charge in [0.15, 0.2) is 0 Å². The number of hydrogen-bond acceptors (Lipinski definition) is 3. The molecule has 2 fully saturated rings. The third kappa shape index (κ3) is 3.88. The lowest BCUT2D eigenvalue weighted by Crippen LogP contribution is -2.55. The van der Waals surface area contributed by atoms with Gasteiger partial charge in [0.25, 0.3) is 0 Å². The number of nitrogens with zero attached hydrogens (tertiary/aromatic N) is 2. The maximum Gasteiger partial charge on any atom is 0.119 e. The highest BCUT2D eigenvalue weighted by Gasteiger charge is 2.36. The summed E-state index contributed by atoms with van der Waals surface area (Å²) in [6.45, 7) is 7.79. The molecule has 0 amide bonds. The van der Waals surface area contributed by atoms with E-state index in [1.807, 2.05) is 18.2 Å². The minimum Gasteiger partial charge on any atom is -0.489 e. The Kier molecular flexibility index (Phi) is 5.04. The van der Waals surface area contributed by atoms with E-state index in [1.165, 1.54) is 43.6 Å². The summed E-state index contributed by atoms with van der Waals surface area (Å²) in [6, 6.07) is 20.4. The molecular formula is C22H28N2O. The molecule has 25 heavy (non-hydrogen) atoms. The number of piperazine rings is 1. The number of fused-ring (bicyclic) bond motifs is 1. The number of ether oxygens (including phenoxy) is 1. The molecule has 2 atom stereocenters.